The van der Waals surface area contributed by atoms with Crippen LogP contribution in [-0.4, -0.2) is 18.1 Å². The maximum Gasteiger partial charge on any atom is 0.341 e. The van der Waals surface area contributed by atoms with Crippen LogP contribution in [-0.2, 0) is 4.74 Å². The molecule has 1 aromatic heterocycles. The summed E-state index contributed by atoms with van der Waals surface area (Å²) in [6.45, 7) is 0. The fourth-order valence-corrected chi connectivity index (χ4v) is 2.18. The van der Waals surface area contributed by atoms with Crippen molar-refractivity contribution in [2.24, 2.45) is 0 Å². The summed E-state index contributed by atoms with van der Waals surface area (Å²) in [7, 11) is 1.27. The van der Waals surface area contributed by atoms with Crippen LogP contribution in [0.4, 0.5) is 21.6 Å². The summed E-state index contributed by atoms with van der Waals surface area (Å²) in [5.41, 5.74) is 6.81. The third kappa shape index (κ3) is 3.16. The number of carbonyl (C=O) groups is 1. The van der Waals surface area contributed by atoms with Gasteiger partial charge in [-0.15, -0.1) is 0 Å². The van der Waals surface area contributed by atoms with E-state index in [1.165, 1.54) is 31.5 Å². The molecule has 3 N–H and O–H groups in total. The molecule has 20 heavy (non-hydrogen) atoms. The van der Waals surface area contributed by atoms with Gasteiger partial charge in [-0.2, -0.15) is 0 Å². The van der Waals surface area contributed by atoms with Crippen molar-refractivity contribution < 1.29 is 13.9 Å². The standard InChI is InChI=1S/C13H11FIN3O2/c1-20-13(19)9-5-8(16)6-17-12(9)18-11-3-2-7(14)4-10(11)15/h2-6H,16H2,1H3,(H,17,18). The summed E-state index contributed by atoms with van der Waals surface area (Å²) < 4.78 is 18.4. The van der Waals surface area contributed by atoms with Gasteiger partial charge in [-0.05, 0) is 46.9 Å². The Bertz CT molecular complexity index is 664. The average molecular weight is 387 g/mol. The quantitative estimate of drug-likeness (QED) is 0.626. The van der Waals surface area contributed by atoms with Crippen LogP contribution in [0.2, 0.25) is 0 Å². The Balaban J connectivity index is 2.40. The van der Waals surface area contributed by atoms with E-state index < -0.39 is 5.97 Å². The summed E-state index contributed by atoms with van der Waals surface area (Å²) in [5, 5.41) is 2.97. The molecule has 0 saturated carbocycles. The molecule has 2 aromatic rings. The van der Waals surface area contributed by atoms with E-state index in [1.54, 1.807) is 6.07 Å². The van der Waals surface area contributed by atoms with Crippen LogP contribution in [0.3, 0.4) is 0 Å². The molecule has 0 aliphatic rings. The number of ether oxygens (including phenoxy) is 1. The Kier molecular flexibility index (Phi) is 4.38. The van der Waals surface area contributed by atoms with Crippen molar-refractivity contribution in [3.05, 3.63) is 45.4 Å². The lowest BCUT2D eigenvalue weighted by Gasteiger charge is -2.11. The van der Waals surface area contributed by atoms with E-state index in [-0.39, 0.29) is 11.4 Å². The zero-order valence-electron chi connectivity index (χ0n) is 10.5. The number of nitrogens with two attached hydrogens (primary N) is 1. The topological polar surface area (TPSA) is 77.2 Å². The van der Waals surface area contributed by atoms with Crippen molar-refractivity contribution in [2.75, 3.05) is 18.2 Å². The van der Waals surface area contributed by atoms with E-state index in [1.807, 2.05) is 22.6 Å². The van der Waals surface area contributed by atoms with E-state index in [2.05, 4.69) is 15.0 Å². The minimum absolute atomic E-state index is 0.215. The highest BCUT2D eigenvalue weighted by atomic mass is 127. The van der Waals surface area contributed by atoms with Gasteiger partial charge in [0, 0.05) is 3.57 Å². The molecular weight excluding hydrogens is 376 g/mol. The predicted octanol–water partition coefficient (Wildman–Crippen LogP) is 2.94. The van der Waals surface area contributed by atoms with E-state index in [0.29, 0.717) is 20.8 Å². The first-order chi connectivity index (χ1) is 9.51. The van der Waals surface area contributed by atoms with Gasteiger partial charge in [-0.1, -0.05) is 0 Å². The first-order valence-corrected chi connectivity index (χ1v) is 6.65. The lowest BCUT2D eigenvalue weighted by Crippen LogP contribution is -2.09. The van der Waals surface area contributed by atoms with Crippen molar-refractivity contribution in [3.8, 4) is 0 Å². The number of nitrogens with one attached hydrogen (secondary N) is 1. The summed E-state index contributed by atoms with van der Waals surface area (Å²) in [6.07, 6.45) is 1.42. The molecule has 0 radical (unpaired) electrons. The number of rotatable bonds is 3. The molecule has 0 bridgehead atoms. The molecule has 0 amide bonds. The second-order valence-corrected chi connectivity index (χ2v) is 5.07. The van der Waals surface area contributed by atoms with Crippen molar-refractivity contribution in [1.29, 1.82) is 0 Å². The van der Waals surface area contributed by atoms with Gasteiger partial charge in [-0.25, -0.2) is 14.2 Å². The zero-order chi connectivity index (χ0) is 14.7. The van der Waals surface area contributed by atoms with Crippen LogP contribution in [0.15, 0.2) is 30.5 Å². The molecule has 7 heteroatoms. The van der Waals surface area contributed by atoms with Crippen molar-refractivity contribution in [3.63, 3.8) is 0 Å². The third-order valence-corrected chi connectivity index (χ3v) is 3.39. The van der Waals surface area contributed by atoms with E-state index >= 15 is 0 Å². The average Bonchev–Trinajstić information content (AvgIpc) is 2.42. The van der Waals surface area contributed by atoms with Crippen molar-refractivity contribution in [1.82, 2.24) is 4.98 Å². The highest BCUT2D eigenvalue weighted by molar-refractivity contribution is 14.1. The maximum absolute atomic E-state index is 13.1. The molecule has 2 rings (SSSR count). The Morgan fingerprint density at radius 3 is 2.85 bits per heavy atom. The SMILES string of the molecule is COC(=O)c1cc(N)cnc1Nc1ccc(F)cc1I. The number of hydrogen-bond acceptors (Lipinski definition) is 5. The number of nitrogens with zero attached hydrogens (tertiary/aromatic N) is 1. The van der Waals surface area contributed by atoms with Gasteiger partial charge in [-0.3, -0.25) is 0 Å². The summed E-state index contributed by atoms with van der Waals surface area (Å²) in [5.74, 6) is -0.585. The Labute approximate surface area is 128 Å². The number of aromatic nitrogens is 1. The lowest BCUT2D eigenvalue weighted by molar-refractivity contribution is 0.0601. The number of benzene rings is 1. The van der Waals surface area contributed by atoms with Gasteiger partial charge in [0.2, 0.25) is 0 Å². The van der Waals surface area contributed by atoms with Gasteiger partial charge >= 0.3 is 5.97 Å². The molecule has 0 spiro atoms. The number of pyridine rings is 1. The molecule has 104 valence electrons. The molecule has 0 aliphatic heterocycles. The minimum Gasteiger partial charge on any atom is -0.465 e. The molecule has 0 atom stereocenters. The number of esters is 1. The number of nitrogen functional groups attached to an aromatic ring is 1. The molecule has 0 unspecified atom stereocenters. The van der Waals surface area contributed by atoms with Crippen molar-refractivity contribution >= 4 is 45.8 Å². The summed E-state index contributed by atoms with van der Waals surface area (Å²) >= 11 is 1.99. The smallest absolute Gasteiger partial charge is 0.341 e. The van der Waals surface area contributed by atoms with Crippen LogP contribution in [0.5, 0.6) is 0 Å². The van der Waals surface area contributed by atoms with E-state index in [0.717, 1.165) is 0 Å². The number of carbonyl (C=O) groups excluding carboxylic acids is 1. The van der Waals surface area contributed by atoms with Crippen LogP contribution in [0.1, 0.15) is 10.4 Å². The molecular formula is C13H11FIN3O2. The summed E-state index contributed by atoms with van der Waals surface area (Å²) in [4.78, 5) is 15.8. The Morgan fingerprint density at radius 2 is 2.20 bits per heavy atom. The monoisotopic (exact) mass is 387 g/mol. The lowest BCUT2D eigenvalue weighted by atomic mass is 10.2. The third-order valence-electron chi connectivity index (χ3n) is 2.50. The van der Waals surface area contributed by atoms with Crippen LogP contribution in [0.25, 0.3) is 0 Å². The van der Waals surface area contributed by atoms with Gasteiger partial charge < -0.3 is 15.8 Å². The van der Waals surface area contributed by atoms with E-state index in [9.17, 15) is 9.18 Å². The van der Waals surface area contributed by atoms with Crippen LogP contribution >= 0.6 is 22.6 Å². The fraction of sp³-hybridized carbons (Fsp3) is 0.0769. The molecule has 5 nitrogen and oxygen atoms in total. The molecule has 0 fully saturated rings. The highest BCUT2D eigenvalue weighted by Crippen LogP contribution is 2.25. The highest BCUT2D eigenvalue weighted by Gasteiger charge is 2.15. The minimum atomic E-state index is -0.551. The Hall–Kier alpha value is -1.90. The van der Waals surface area contributed by atoms with Gasteiger partial charge in [0.1, 0.15) is 17.2 Å². The van der Waals surface area contributed by atoms with Crippen molar-refractivity contribution in [2.45, 2.75) is 0 Å². The fourth-order valence-electron chi connectivity index (χ4n) is 1.56. The van der Waals surface area contributed by atoms with Gasteiger partial charge in [0.15, 0.2) is 0 Å². The number of halogens is 2. The second kappa shape index (κ2) is 6.04. The number of hydrogen-bond donors (Lipinski definition) is 2. The first kappa shape index (κ1) is 14.5. The van der Waals surface area contributed by atoms with Gasteiger partial charge in [0.25, 0.3) is 0 Å². The normalized spacial score (nSPS) is 10.2. The number of methoxy groups -OCH3 is 1. The molecule has 1 heterocycles. The van der Waals surface area contributed by atoms with E-state index in [4.69, 9.17) is 5.73 Å². The Morgan fingerprint density at radius 1 is 1.45 bits per heavy atom. The second-order valence-electron chi connectivity index (χ2n) is 3.91. The largest absolute Gasteiger partial charge is 0.465 e. The number of anilines is 3. The van der Waals surface area contributed by atoms with Crippen LogP contribution < -0.4 is 11.1 Å². The predicted molar refractivity (Wildman–Crippen MR) is 82.4 cm³/mol. The zero-order valence-corrected chi connectivity index (χ0v) is 12.6. The molecule has 0 saturated heterocycles. The van der Waals surface area contributed by atoms with Crippen LogP contribution in [0, 0.1) is 9.39 Å². The first-order valence-electron chi connectivity index (χ1n) is 5.57. The van der Waals surface area contributed by atoms with Gasteiger partial charge in [0.05, 0.1) is 24.7 Å². The molecule has 0 aliphatic carbocycles. The molecule has 1 aromatic carbocycles. The maximum atomic E-state index is 13.1. The summed E-state index contributed by atoms with van der Waals surface area (Å²) in [6, 6.07) is 5.73.